The van der Waals surface area contributed by atoms with Crippen LogP contribution in [0.25, 0.3) is 0 Å². The van der Waals surface area contributed by atoms with Gasteiger partial charge >= 0.3 is 0 Å². The number of para-hydroxylation sites is 1. The quantitative estimate of drug-likeness (QED) is 0.730. The number of alkyl halides is 1. The lowest BCUT2D eigenvalue weighted by Gasteiger charge is -2.31. The molecule has 1 saturated heterocycles. The molecule has 0 radical (unpaired) electrons. The Labute approximate surface area is 112 Å². The first kappa shape index (κ1) is 11.8. The number of hydrogen-bond donors (Lipinski definition) is 0. The summed E-state index contributed by atoms with van der Waals surface area (Å²) in [7, 11) is 0. The van der Waals surface area contributed by atoms with E-state index in [0.717, 1.165) is 37.2 Å². The molecule has 96 valence electrons. The molecular weight excluding hydrogens is 250 g/mol. The van der Waals surface area contributed by atoms with Crippen LogP contribution in [-0.4, -0.2) is 35.9 Å². The van der Waals surface area contributed by atoms with E-state index in [0.29, 0.717) is 6.61 Å². The molecule has 0 N–H and O–H groups in total. The molecule has 0 spiro atoms. The summed E-state index contributed by atoms with van der Waals surface area (Å²) >= 11 is 6.06. The van der Waals surface area contributed by atoms with Gasteiger partial charge in [0, 0.05) is 24.0 Å². The molecule has 18 heavy (non-hydrogen) atoms. The lowest BCUT2D eigenvalue weighted by molar-refractivity contribution is -0.133. The summed E-state index contributed by atoms with van der Waals surface area (Å²) in [4.78, 5) is 14.4. The molecular formula is C14H16ClNO2. The van der Waals surface area contributed by atoms with Gasteiger partial charge in [0.1, 0.15) is 18.3 Å². The van der Waals surface area contributed by atoms with Crippen LogP contribution in [0.2, 0.25) is 0 Å². The number of hydrogen-bond acceptors (Lipinski definition) is 2. The topological polar surface area (TPSA) is 29.5 Å². The molecule has 2 heterocycles. The molecule has 0 bridgehead atoms. The number of nitrogens with zero attached hydrogens (tertiary/aromatic N) is 1. The largest absolute Gasteiger partial charge is 0.492 e. The third-order valence-corrected chi connectivity index (χ3v) is 4.17. The van der Waals surface area contributed by atoms with Crippen LogP contribution >= 0.6 is 11.6 Å². The highest BCUT2D eigenvalue weighted by atomic mass is 35.5. The summed E-state index contributed by atoms with van der Waals surface area (Å²) in [6.45, 7) is 2.01. The smallest absolute Gasteiger partial charge is 0.233 e. The summed E-state index contributed by atoms with van der Waals surface area (Å²) in [5, 5.41) is 0.223. The first-order chi connectivity index (χ1) is 8.75. The number of ether oxygens (including phenoxy) is 1. The normalized spacial score (nSPS) is 23.6. The van der Waals surface area contributed by atoms with E-state index in [9.17, 15) is 4.79 Å². The predicted octanol–water partition coefficient (Wildman–Crippen LogP) is 2.39. The van der Waals surface area contributed by atoms with Crippen LogP contribution in [0.4, 0.5) is 0 Å². The van der Waals surface area contributed by atoms with Gasteiger partial charge in [-0.2, -0.15) is 0 Å². The van der Waals surface area contributed by atoms with Gasteiger partial charge in [-0.1, -0.05) is 18.2 Å². The van der Waals surface area contributed by atoms with Gasteiger partial charge in [-0.25, -0.2) is 0 Å². The van der Waals surface area contributed by atoms with Crippen LogP contribution < -0.4 is 4.74 Å². The summed E-state index contributed by atoms with van der Waals surface area (Å²) in [5.74, 6) is 0.902. The fraction of sp³-hybridized carbons (Fsp3) is 0.500. The predicted molar refractivity (Wildman–Crippen MR) is 70.1 cm³/mol. The lowest BCUT2D eigenvalue weighted by Crippen LogP contribution is -2.41. The number of amides is 1. The van der Waals surface area contributed by atoms with Crippen molar-refractivity contribution in [2.45, 2.75) is 24.1 Å². The number of rotatable bonds is 1. The van der Waals surface area contributed by atoms with Crippen LogP contribution in [0.1, 0.15) is 24.3 Å². The van der Waals surface area contributed by atoms with Gasteiger partial charge in [0.25, 0.3) is 0 Å². The van der Waals surface area contributed by atoms with Crippen molar-refractivity contribution >= 4 is 17.5 Å². The molecule has 1 unspecified atom stereocenters. The molecule has 0 aromatic heterocycles. The Bertz CT molecular complexity index is 455. The third-order valence-electron chi connectivity index (χ3n) is 3.73. The second-order valence-corrected chi connectivity index (χ2v) is 5.52. The minimum Gasteiger partial charge on any atom is -0.492 e. The number of piperidine rings is 1. The second-order valence-electron chi connectivity index (χ2n) is 4.90. The first-order valence-corrected chi connectivity index (χ1v) is 6.84. The zero-order valence-electron chi connectivity index (χ0n) is 10.1. The van der Waals surface area contributed by atoms with Gasteiger partial charge in [-0.05, 0) is 18.9 Å². The Morgan fingerprint density at radius 2 is 2.00 bits per heavy atom. The number of likely N-dealkylation sites (tertiary alicyclic amines) is 1. The maximum atomic E-state index is 12.5. The van der Waals surface area contributed by atoms with Crippen molar-refractivity contribution < 1.29 is 9.53 Å². The van der Waals surface area contributed by atoms with Gasteiger partial charge < -0.3 is 9.64 Å². The molecule has 1 fully saturated rings. The summed E-state index contributed by atoms with van der Waals surface area (Å²) in [6, 6.07) is 7.80. The Morgan fingerprint density at radius 3 is 2.78 bits per heavy atom. The third kappa shape index (κ3) is 2.07. The average Bonchev–Trinajstić information content (AvgIpc) is 2.82. The van der Waals surface area contributed by atoms with Crippen molar-refractivity contribution in [2.75, 3.05) is 19.7 Å². The van der Waals surface area contributed by atoms with Crippen molar-refractivity contribution in [3.05, 3.63) is 29.8 Å². The first-order valence-electron chi connectivity index (χ1n) is 6.40. The van der Waals surface area contributed by atoms with E-state index in [-0.39, 0.29) is 17.2 Å². The molecule has 1 aromatic carbocycles. The minimum absolute atomic E-state index is 0.131. The van der Waals surface area contributed by atoms with Gasteiger partial charge in [0.15, 0.2) is 0 Å². The molecule has 1 atom stereocenters. The number of fused-ring (bicyclic) bond motifs is 1. The van der Waals surface area contributed by atoms with E-state index in [4.69, 9.17) is 16.3 Å². The maximum absolute atomic E-state index is 12.5. The molecule has 4 heteroatoms. The van der Waals surface area contributed by atoms with E-state index in [2.05, 4.69) is 0 Å². The van der Waals surface area contributed by atoms with Crippen molar-refractivity contribution in [3.63, 3.8) is 0 Å². The molecule has 0 saturated carbocycles. The van der Waals surface area contributed by atoms with Crippen LogP contribution in [0.3, 0.4) is 0 Å². The van der Waals surface area contributed by atoms with Gasteiger partial charge in [-0.15, -0.1) is 11.6 Å². The highest BCUT2D eigenvalue weighted by Crippen LogP contribution is 2.35. The van der Waals surface area contributed by atoms with Crippen molar-refractivity contribution in [2.24, 2.45) is 0 Å². The molecule has 0 aliphatic carbocycles. The van der Waals surface area contributed by atoms with E-state index in [1.54, 1.807) is 0 Å². The highest BCUT2D eigenvalue weighted by molar-refractivity contribution is 6.20. The Morgan fingerprint density at radius 1 is 1.28 bits per heavy atom. The van der Waals surface area contributed by atoms with Crippen molar-refractivity contribution in [1.82, 2.24) is 4.90 Å². The van der Waals surface area contributed by atoms with Gasteiger partial charge in [0.05, 0.1) is 0 Å². The van der Waals surface area contributed by atoms with Gasteiger partial charge in [0.2, 0.25) is 5.91 Å². The second kappa shape index (κ2) is 4.81. The van der Waals surface area contributed by atoms with Crippen molar-refractivity contribution in [1.29, 1.82) is 0 Å². The molecule has 3 nitrogen and oxygen atoms in total. The molecule has 2 aliphatic rings. The van der Waals surface area contributed by atoms with Crippen LogP contribution in [0, 0.1) is 0 Å². The van der Waals surface area contributed by atoms with Crippen LogP contribution in [0.15, 0.2) is 24.3 Å². The minimum atomic E-state index is -0.131. The van der Waals surface area contributed by atoms with E-state index in [1.165, 1.54) is 0 Å². The molecule has 3 rings (SSSR count). The molecule has 1 amide bonds. The Hall–Kier alpha value is -1.22. The monoisotopic (exact) mass is 265 g/mol. The number of halogens is 1. The number of benzene rings is 1. The highest BCUT2D eigenvalue weighted by Gasteiger charge is 2.34. The SMILES string of the molecule is O=C(C1COc2ccccc21)N1CCC(Cl)CC1. The number of carbonyl (C=O) groups excluding carboxylic acids is 1. The Kier molecular flexibility index (Phi) is 3.16. The number of carbonyl (C=O) groups is 1. The van der Waals surface area contributed by atoms with E-state index in [1.807, 2.05) is 29.2 Å². The summed E-state index contributed by atoms with van der Waals surface area (Å²) in [5.41, 5.74) is 1.02. The van der Waals surface area contributed by atoms with Gasteiger partial charge in [-0.3, -0.25) is 4.79 Å². The Balaban J connectivity index is 1.74. The zero-order chi connectivity index (χ0) is 12.5. The van der Waals surface area contributed by atoms with Crippen LogP contribution in [-0.2, 0) is 4.79 Å². The van der Waals surface area contributed by atoms with E-state index >= 15 is 0 Å². The fourth-order valence-electron chi connectivity index (χ4n) is 2.66. The van der Waals surface area contributed by atoms with Crippen LogP contribution in [0.5, 0.6) is 5.75 Å². The summed E-state index contributed by atoms with van der Waals surface area (Å²) in [6.07, 6.45) is 1.78. The molecule has 1 aromatic rings. The zero-order valence-corrected chi connectivity index (χ0v) is 10.9. The maximum Gasteiger partial charge on any atom is 0.233 e. The standard InChI is InChI=1S/C14H16ClNO2/c15-10-5-7-16(8-6-10)14(17)12-9-18-13-4-2-1-3-11(12)13/h1-4,10,12H,5-9H2. The summed E-state index contributed by atoms with van der Waals surface area (Å²) < 4.78 is 5.57. The lowest BCUT2D eigenvalue weighted by atomic mass is 9.98. The van der Waals surface area contributed by atoms with E-state index < -0.39 is 0 Å². The molecule has 2 aliphatic heterocycles. The average molecular weight is 266 g/mol. The fourth-order valence-corrected chi connectivity index (χ4v) is 2.85. The van der Waals surface area contributed by atoms with Crippen molar-refractivity contribution in [3.8, 4) is 5.75 Å².